The number of anilines is 1. The van der Waals surface area contributed by atoms with Crippen molar-refractivity contribution in [3.8, 4) is 0 Å². The van der Waals surface area contributed by atoms with E-state index in [1.54, 1.807) is 7.11 Å². The molecule has 1 aliphatic rings. The molecule has 0 radical (unpaired) electrons. The van der Waals surface area contributed by atoms with Crippen LogP contribution in [0.15, 0.2) is 54.6 Å². The maximum Gasteiger partial charge on any atom is 0.321 e. The smallest absolute Gasteiger partial charge is 0.321 e. The van der Waals surface area contributed by atoms with Gasteiger partial charge in [-0.3, -0.25) is 4.90 Å². The van der Waals surface area contributed by atoms with Crippen LogP contribution in [0.25, 0.3) is 0 Å². The van der Waals surface area contributed by atoms with Crippen molar-refractivity contribution in [2.75, 3.05) is 45.2 Å². The third kappa shape index (κ3) is 5.07. The number of ether oxygens (including phenoxy) is 1. The van der Waals surface area contributed by atoms with E-state index in [1.807, 2.05) is 35.2 Å². The summed E-state index contributed by atoms with van der Waals surface area (Å²) < 4.78 is 5.20. The van der Waals surface area contributed by atoms with Gasteiger partial charge in [0, 0.05) is 51.1 Å². The highest BCUT2D eigenvalue weighted by molar-refractivity contribution is 5.90. The van der Waals surface area contributed by atoms with Crippen molar-refractivity contribution in [1.29, 1.82) is 0 Å². The summed E-state index contributed by atoms with van der Waals surface area (Å²) in [6.07, 6.45) is 1.05. The highest BCUT2D eigenvalue weighted by Gasteiger charge is 2.21. The Morgan fingerprint density at radius 3 is 2.42 bits per heavy atom. The lowest BCUT2D eigenvalue weighted by atomic mass is 10.1. The van der Waals surface area contributed by atoms with E-state index in [2.05, 4.69) is 34.5 Å². The molecule has 0 saturated carbocycles. The predicted octanol–water partition coefficient (Wildman–Crippen LogP) is 3.23. The Bertz CT molecular complexity index is 697. The number of carbonyl (C=O) groups excluding carboxylic acids is 1. The number of rotatable bonds is 6. The Hall–Kier alpha value is -2.37. The molecule has 0 aromatic heterocycles. The topological polar surface area (TPSA) is 44.8 Å². The van der Waals surface area contributed by atoms with Crippen molar-refractivity contribution < 1.29 is 9.53 Å². The van der Waals surface area contributed by atoms with Crippen LogP contribution in [-0.2, 0) is 17.8 Å². The molecule has 0 atom stereocenters. The molecule has 0 unspecified atom stereocenters. The summed E-state index contributed by atoms with van der Waals surface area (Å²) >= 11 is 0. The van der Waals surface area contributed by atoms with Gasteiger partial charge in [0.1, 0.15) is 0 Å². The van der Waals surface area contributed by atoms with Gasteiger partial charge in [0.05, 0.1) is 6.61 Å². The molecule has 2 amide bonds. The van der Waals surface area contributed by atoms with E-state index in [0.29, 0.717) is 6.61 Å². The largest absolute Gasteiger partial charge is 0.380 e. The van der Waals surface area contributed by atoms with Crippen LogP contribution in [-0.4, -0.2) is 55.7 Å². The molecule has 5 nitrogen and oxygen atoms in total. The standard InChI is InChI=1S/C21H27N3O2/c1-26-17-19-9-5-6-10-20(19)22-21(25)24-15-13-23(14-16-24)12-11-18-7-3-2-4-8-18/h2-10H,11-17H2,1H3,(H,22,25). The minimum Gasteiger partial charge on any atom is -0.380 e. The molecule has 0 aliphatic carbocycles. The third-order valence-corrected chi connectivity index (χ3v) is 4.78. The first-order valence-corrected chi connectivity index (χ1v) is 9.15. The number of methoxy groups -OCH3 is 1. The minimum atomic E-state index is -0.0312. The molecular formula is C21H27N3O2. The lowest BCUT2D eigenvalue weighted by Gasteiger charge is -2.34. The molecule has 0 bridgehead atoms. The molecule has 3 rings (SSSR count). The molecule has 1 heterocycles. The van der Waals surface area contributed by atoms with Crippen molar-refractivity contribution in [2.24, 2.45) is 0 Å². The first-order valence-electron chi connectivity index (χ1n) is 9.15. The van der Waals surface area contributed by atoms with E-state index in [0.717, 1.165) is 50.4 Å². The van der Waals surface area contributed by atoms with Crippen LogP contribution in [0.5, 0.6) is 0 Å². The molecule has 138 valence electrons. The SMILES string of the molecule is COCc1ccccc1NC(=O)N1CCN(CCc2ccccc2)CC1. The predicted molar refractivity (Wildman–Crippen MR) is 104 cm³/mol. The summed E-state index contributed by atoms with van der Waals surface area (Å²) in [5.74, 6) is 0. The van der Waals surface area contributed by atoms with Crippen molar-refractivity contribution in [1.82, 2.24) is 9.80 Å². The van der Waals surface area contributed by atoms with Gasteiger partial charge >= 0.3 is 6.03 Å². The fourth-order valence-corrected chi connectivity index (χ4v) is 3.22. The number of hydrogen-bond donors (Lipinski definition) is 1. The number of nitrogens with one attached hydrogen (secondary N) is 1. The van der Waals surface area contributed by atoms with E-state index in [1.165, 1.54) is 5.56 Å². The van der Waals surface area contributed by atoms with E-state index < -0.39 is 0 Å². The van der Waals surface area contributed by atoms with Crippen molar-refractivity contribution in [3.05, 3.63) is 65.7 Å². The van der Waals surface area contributed by atoms with Gasteiger partial charge in [-0.15, -0.1) is 0 Å². The Labute approximate surface area is 155 Å². The van der Waals surface area contributed by atoms with Gasteiger partial charge < -0.3 is 15.0 Å². The maximum absolute atomic E-state index is 12.6. The lowest BCUT2D eigenvalue weighted by Crippen LogP contribution is -2.50. The Morgan fingerprint density at radius 2 is 1.69 bits per heavy atom. The average Bonchev–Trinajstić information content (AvgIpc) is 2.69. The van der Waals surface area contributed by atoms with Gasteiger partial charge in [-0.05, 0) is 18.1 Å². The second-order valence-electron chi connectivity index (χ2n) is 6.58. The van der Waals surface area contributed by atoms with Crippen molar-refractivity contribution in [2.45, 2.75) is 13.0 Å². The monoisotopic (exact) mass is 353 g/mol. The second-order valence-corrected chi connectivity index (χ2v) is 6.58. The number of benzene rings is 2. The second kappa shape index (κ2) is 9.36. The van der Waals surface area contributed by atoms with Crippen LogP contribution in [0.2, 0.25) is 0 Å². The molecule has 1 fully saturated rings. The van der Waals surface area contributed by atoms with Gasteiger partial charge in [0.25, 0.3) is 0 Å². The maximum atomic E-state index is 12.6. The fraction of sp³-hybridized carbons (Fsp3) is 0.381. The Kier molecular flexibility index (Phi) is 6.63. The number of piperazine rings is 1. The molecule has 5 heteroatoms. The average molecular weight is 353 g/mol. The molecule has 26 heavy (non-hydrogen) atoms. The normalized spacial score (nSPS) is 15.0. The first kappa shape index (κ1) is 18.4. The molecule has 0 spiro atoms. The summed E-state index contributed by atoms with van der Waals surface area (Å²) in [5.41, 5.74) is 3.18. The quantitative estimate of drug-likeness (QED) is 0.867. The fourth-order valence-electron chi connectivity index (χ4n) is 3.22. The first-order chi connectivity index (χ1) is 12.8. The van der Waals surface area contributed by atoms with E-state index in [4.69, 9.17) is 4.74 Å². The molecule has 2 aromatic rings. The Morgan fingerprint density at radius 1 is 1.00 bits per heavy atom. The van der Waals surface area contributed by atoms with Crippen molar-refractivity contribution in [3.63, 3.8) is 0 Å². The van der Waals surface area contributed by atoms with Crippen LogP contribution in [0.1, 0.15) is 11.1 Å². The highest BCUT2D eigenvalue weighted by atomic mass is 16.5. The van der Waals surface area contributed by atoms with Crippen LogP contribution >= 0.6 is 0 Å². The van der Waals surface area contributed by atoms with Crippen LogP contribution in [0, 0.1) is 0 Å². The van der Waals surface area contributed by atoms with E-state index >= 15 is 0 Å². The van der Waals surface area contributed by atoms with Crippen LogP contribution in [0.4, 0.5) is 10.5 Å². The van der Waals surface area contributed by atoms with Crippen molar-refractivity contribution >= 4 is 11.7 Å². The summed E-state index contributed by atoms with van der Waals surface area (Å²) in [6.45, 7) is 4.87. The molecular weight excluding hydrogens is 326 g/mol. The van der Waals surface area contributed by atoms with Crippen LogP contribution < -0.4 is 5.32 Å². The van der Waals surface area contributed by atoms with E-state index in [-0.39, 0.29) is 6.03 Å². The summed E-state index contributed by atoms with van der Waals surface area (Å²) in [4.78, 5) is 16.9. The molecule has 1 saturated heterocycles. The molecule has 1 N–H and O–H groups in total. The Balaban J connectivity index is 1.46. The number of amides is 2. The zero-order valence-electron chi connectivity index (χ0n) is 15.4. The zero-order chi connectivity index (χ0) is 18.2. The van der Waals surface area contributed by atoms with E-state index in [9.17, 15) is 4.79 Å². The van der Waals surface area contributed by atoms with Gasteiger partial charge in [0.2, 0.25) is 0 Å². The van der Waals surface area contributed by atoms with Gasteiger partial charge in [0.15, 0.2) is 0 Å². The molecule has 1 aliphatic heterocycles. The summed E-state index contributed by atoms with van der Waals surface area (Å²) in [6, 6.07) is 18.3. The zero-order valence-corrected chi connectivity index (χ0v) is 15.4. The molecule has 2 aromatic carbocycles. The number of nitrogens with zero attached hydrogens (tertiary/aromatic N) is 2. The van der Waals surface area contributed by atoms with Gasteiger partial charge in [-0.2, -0.15) is 0 Å². The summed E-state index contributed by atoms with van der Waals surface area (Å²) in [5, 5.41) is 3.03. The minimum absolute atomic E-state index is 0.0312. The highest BCUT2D eigenvalue weighted by Crippen LogP contribution is 2.17. The van der Waals surface area contributed by atoms with Crippen LogP contribution in [0.3, 0.4) is 0 Å². The number of carbonyl (C=O) groups is 1. The van der Waals surface area contributed by atoms with Gasteiger partial charge in [-0.1, -0.05) is 48.5 Å². The lowest BCUT2D eigenvalue weighted by molar-refractivity contribution is 0.148. The summed E-state index contributed by atoms with van der Waals surface area (Å²) in [7, 11) is 1.66. The number of hydrogen-bond acceptors (Lipinski definition) is 3. The van der Waals surface area contributed by atoms with Gasteiger partial charge in [-0.25, -0.2) is 4.79 Å². The number of para-hydroxylation sites is 1. The number of urea groups is 1. The third-order valence-electron chi connectivity index (χ3n) is 4.78.